The number of carbonyl (C=O) groups is 1. The van der Waals surface area contributed by atoms with Crippen LogP contribution >= 0.6 is 0 Å². The van der Waals surface area contributed by atoms with Gasteiger partial charge in [0.1, 0.15) is 12.1 Å². The van der Waals surface area contributed by atoms with Crippen LogP contribution in [0.4, 0.5) is 0 Å². The molecule has 7 nitrogen and oxygen atoms in total. The highest BCUT2D eigenvalue weighted by Gasteiger charge is 2.17. The topological polar surface area (TPSA) is 84.0 Å². The lowest BCUT2D eigenvalue weighted by atomic mass is 10.0. The monoisotopic (exact) mass is 387 g/mol. The van der Waals surface area contributed by atoms with Gasteiger partial charge in [-0.15, -0.1) is 0 Å². The Labute approximate surface area is 168 Å². The second-order valence-electron chi connectivity index (χ2n) is 6.68. The van der Waals surface area contributed by atoms with E-state index in [-0.39, 0.29) is 5.91 Å². The second kappa shape index (κ2) is 8.10. The Hall–Kier alpha value is -3.74. The smallest absolute Gasteiger partial charge is 0.254 e. The number of hydrogen-bond donors (Lipinski definition) is 1. The molecule has 29 heavy (non-hydrogen) atoms. The predicted octanol–water partition coefficient (Wildman–Crippen LogP) is 3.69. The van der Waals surface area contributed by atoms with E-state index in [1.165, 1.54) is 6.33 Å². The SMILES string of the molecule is CCOc1cc(C(=O)N(C)Cc2cccc3cn[nH]c23)ccc1-c1cncnc1. The van der Waals surface area contributed by atoms with Crippen LogP contribution in [0.2, 0.25) is 0 Å². The number of aromatic amines is 1. The molecule has 2 aromatic heterocycles. The highest BCUT2D eigenvalue weighted by molar-refractivity contribution is 5.95. The first kappa shape index (κ1) is 18.6. The zero-order valence-electron chi connectivity index (χ0n) is 16.3. The number of hydrogen-bond acceptors (Lipinski definition) is 5. The van der Waals surface area contributed by atoms with Crippen LogP contribution in [0.5, 0.6) is 5.75 Å². The molecule has 1 amide bonds. The third-order valence-electron chi connectivity index (χ3n) is 4.72. The van der Waals surface area contributed by atoms with Crippen molar-refractivity contribution in [2.24, 2.45) is 0 Å². The van der Waals surface area contributed by atoms with Crippen molar-refractivity contribution < 1.29 is 9.53 Å². The maximum Gasteiger partial charge on any atom is 0.254 e. The molecule has 0 radical (unpaired) electrons. The molecule has 0 aliphatic heterocycles. The third kappa shape index (κ3) is 3.80. The van der Waals surface area contributed by atoms with Gasteiger partial charge in [-0.2, -0.15) is 5.10 Å². The lowest BCUT2D eigenvalue weighted by Gasteiger charge is -2.19. The number of ether oxygens (including phenoxy) is 1. The number of H-pyrrole nitrogens is 1. The summed E-state index contributed by atoms with van der Waals surface area (Å²) in [4.78, 5) is 22.9. The molecule has 7 heteroatoms. The fourth-order valence-electron chi connectivity index (χ4n) is 3.32. The fraction of sp³-hybridized carbons (Fsp3) is 0.182. The van der Waals surface area contributed by atoms with E-state index in [0.29, 0.717) is 24.5 Å². The van der Waals surface area contributed by atoms with Gasteiger partial charge in [-0.05, 0) is 30.7 Å². The van der Waals surface area contributed by atoms with Crippen LogP contribution in [-0.4, -0.2) is 44.6 Å². The maximum atomic E-state index is 13.0. The van der Waals surface area contributed by atoms with Crippen molar-refractivity contribution in [1.29, 1.82) is 0 Å². The molecule has 0 fully saturated rings. The number of para-hydroxylation sites is 1. The molecule has 2 heterocycles. The minimum absolute atomic E-state index is 0.0849. The molecule has 0 saturated heterocycles. The van der Waals surface area contributed by atoms with E-state index >= 15 is 0 Å². The molecule has 0 atom stereocenters. The number of nitrogens with zero attached hydrogens (tertiary/aromatic N) is 4. The Morgan fingerprint density at radius 1 is 1.14 bits per heavy atom. The minimum Gasteiger partial charge on any atom is -0.493 e. The summed E-state index contributed by atoms with van der Waals surface area (Å²) in [6.45, 7) is 2.88. The number of amides is 1. The first-order chi connectivity index (χ1) is 14.2. The summed E-state index contributed by atoms with van der Waals surface area (Å²) in [5.74, 6) is 0.551. The van der Waals surface area contributed by atoms with Crippen LogP contribution in [0.15, 0.2) is 61.3 Å². The van der Waals surface area contributed by atoms with Gasteiger partial charge >= 0.3 is 0 Å². The van der Waals surface area contributed by atoms with E-state index < -0.39 is 0 Å². The van der Waals surface area contributed by atoms with Crippen LogP contribution in [-0.2, 0) is 6.54 Å². The zero-order valence-corrected chi connectivity index (χ0v) is 16.3. The minimum atomic E-state index is -0.0849. The molecule has 4 aromatic rings. The lowest BCUT2D eigenvalue weighted by molar-refractivity contribution is 0.0785. The molecule has 146 valence electrons. The van der Waals surface area contributed by atoms with Gasteiger partial charge in [-0.1, -0.05) is 18.2 Å². The largest absolute Gasteiger partial charge is 0.493 e. The predicted molar refractivity (Wildman–Crippen MR) is 111 cm³/mol. The molecule has 0 bridgehead atoms. The van der Waals surface area contributed by atoms with Crippen LogP contribution in [0.25, 0.3) is 22.0 Å². The van der Waals surface area contributed by atoms with Crippen LogP contribution in [0, 0.1) is 0 Å². The van der Waals surface area contributed by atoms with Crippen LogP contribution < -0.4 is 4.74 Å². The Balaban J connectivity index is 1.61. The average Bonchev–Trinajstić information content (AvgIpc) is 3.24. The Morgan fingerprint density at radius 2 is 1.97 bits per heavy atom. The first-order valence-corrected chi connectivity index (χ1v) is 9.36. The molecule has 0 aliphatic rings. The number of carbonyl (C=O) groups excluding carboxylic acids is 1. The van der Waals surface area contributed by atoms with Gasteiger partial charge in [0.2, 0.25) is 0 Å². The average molecular weight is 387 g/mol. The van der Waals surface area contributed by atoms with Crippen molar-refractivity contribution in [2.45, 2.75) is 13.5 Å². The van der Waals surface area contributed by atoms with E-state index in [2.05, 4.69) is 20.2 Å². The second-order valence-corrected chi connectivity index (χ2v) is 6.68. The lowest BCUT2D eigenvalue weighted by Crippen LogP contribution is -2.26. The van der Waals surface area contributed by atoms with Crippen molar-refractivity contribution in [3.63, 3.8) is 0 Å². The van der Waals surface area contributed by atoms with Crippen molar-refractivity contribution in [3.05, 3.63) is 72.4 Å². The van der Waals surface area contributed by atoms with Gasteiger partial charge in [0.25, 0.3) is 5.91 Å². The van der Waals surface area contributed by atoms with Gasteiger partial charge in [0.05, 0.1) is 18.3 Å². The summed E-state index contributed by atoms with van der Waals surface area (Å²) in [5, 5.41) is 8.12. The normalized spacial score (nSPS) is 10.8. The number of fused-ring (bicyclic) bond motifs is 1. The van der Waals surface area contributed by atoms with Crippen molar-refractivity contribution in [3.8, 4) is 16.9 Å². The summed E-state index contributed by atoms with van der Waals surface area (Å²) in [7, 11) is 1.79. The quantitative estimate of drug-likeness (QED) is 0.545. The summed E-state index contributed by atoms with van der Waals surface area (Å²) in [5.41, 5.74) is 4.22. The molecule has 0 spiro atoms. The standard InChI is InChI=1S/C22H21N5O2/c1-3-29-20-9-15(7-8-19(20)18-10-23-14-24-11-18)22(28)27(2)13-17-6-4-5-16-12-25-26-21(16)17/h4-12,14H,3,13H2,1-2H3,(H,25,26). The number of aromatic nitrogens is 4. The maximum absolute atomic E-state index is 13.0. The molecule has 0 aliphatic carbocycles. The van der Waals surface area contributed by atoms with E-state index in [1.807, 2.05) is 31.2 Å². The Kier molecular flexibility index (Phi) is 5.20. The third-order valence-corrected chi connectivity index (χ3v) is 4.72. The van der Waals surface area contributed by atoms with Crippen molar-refractivity contribution in [2.75, 3.05) is 13.7 Å². The molecule has 0 saturated carbocycles. The van der Waals surface area contributed by atoms with Crippen molar-refractivity contribution in [1.82, 2.24) is 25.1 Å². The molecular weight excluding hydrogens is 366 g/mol. The van der Waals surface area contributed by atoms with Gasteiger partial charge in [-0.25, -0.2) is 9.97 Å². The van der Waals surface area contributed by atoms with Crippen molar-refractivity contribution >= 4 is 16.8 Å². The summed E-state index contributed by atoms with van der Waals surface area (Å²) >= 11 is 0. The van der Waals surface area contributed by atoms with Gasteiger partial charge in [0.15, 0.2) is 0 Å². The highest BCUT2D eigenvalue weighted by atomic mass is 16.5. The zero-order chi connectivity index (χ0) is 20.2. The van der Waals surface area contributed by atoms with Gasteiger partial charge in [-0.3, -0.25) is 9.89 Å². The number of rotatable bonds is 6. The van der Waals surface area contributed by atoms with Gasteiger partial charge in [0, 0.05) is 48.1 Å². The highest BCUT2D eigenvalue weighted by Crippen LogP contribution is 2.31. The molecule has 0 unspecified atom stereocenters. The first-order valence-electron chi connectivity index (χ1n) is 9.36. The van der Waals surface area contributed by atoms with E-state index in [9.17, 15) is 4.79 Å². The summed E-state index contributed by atoms with van der Waals surface area (Å²) < 4.78 is 5.79. The van der Waals surface area contributed by atoms with E-state index in [0.717, 1.165) is 27.6 Å². The van der Waals surface area contributed by atoms with Crippen LogP contribution in [0.1, 0.15) is 22.8 Å². The van der Waals surface area contributed by atoms with E-state index in [4.69, 9.17) is 4.74 Å². The Bertz CT molecular complexity index is 1140. The molecular formula is C22H21N5O2. The Morgan fingerprint density at radius 3 is 2.76 bits per heavy atom. The summed E-state index contributed by atoms with van der Waals surface area (Å²) in [6, 6.07) is 11.4. The number of benzene rings is 2. The molecule has 1 N–H and O–H groups in total. The summed E-state index contributed by atoms with van der Waals surface area (Å²) in [6.07, 6.45) is 6.71. The molecule has 2 aromatic carbocycles. The fourth-order valence-corrected chi connectivity index (χ4v) is 3.32. The molecule has 4 rings (SSSR count). The van der Waals surface area contributed by atoms with Gasteiger partial charge < -0.3 is 9.64 Å². The van der Waals surface area contributed by atoms with Crippen LogP contribution in [0.3, 0.4) is 0 Å². The number of nitrogens with one attached hydrogen (secondary N) is 1. The van der Waals surface area contributed by atoms with E-state index in [1.54, 1.807) is 42.7 Å².